The first kappa shape index (κ1) is 29.8. The maximum atomic E-state index is 6.53. The zero-order valence-electron chi connectivity index (χ0n) is 19.6. The van der Waals surface area contributed by atoms with Crippen molar-refractivity contribution in [1.82, 2.24) is 0 Å². The monoisotopic (exact) mass is 542 g/mol. The lowest BCUT2D eigenvalue weighted by molar-refractivity contribution is -0.278. The lowest BCUT2D eigenvalue weighted by atomic mass is 9.96. The number of unbranched alkanes of at least 4 members (excludes halogenated alkanes) is 6. The predicted octanol–water partition coefficient (Wildman–Crippen LogP) is 8.47. The van der Waals surface area contributed by atoms with E-state index in [1.807, 2.05) is 0 Å². The maximum absolute atomic E-state index is 6.53. The van der Waals surface area contributed by atoms with E-state index in [1.165, 1.54) is 64.2 Å². The molecule has 0 aliphatic rings. The van der Waals surface area contributed by atoms with Gasteiger partial charge in [0, 0.05) is 35.7 Å². The van der Waals surface area contributed by atoms with E-state index < -0.39 is 0 Å². The van der Waals surface area contributed by atoms with Crippen molar-refractivity contribution in [2.24, 2.45) is 11.8 Å². The Morgan fingerprint density at radius 1 is 0.552 bits per heavy atom. The van der Waals surface area contributed by atoms with Crippen molar-refractivity contribution >= 4 is 31.9 Å². The quantitative estimate of drug-likeness (QED) is 0.0778. The van der Waals surface area contributed by atoms with E-state index in [0.717, 1.165) is 23.5 Å². The number of halogens is 2. The highest BCUT2D eigenvalue weighted by Gasteiger charge is 2.29. The molecule has 0 spiro atoms. The molecule has 0 fully saturated rings. The molecule has 0 bridgehead atoms. The van der Waals surface area contributed by atoms with Gasteiger partial charge in [-0.25, -0.2) is 0 Å². The summed E-state index contributed by atoms with van der Waals surface area (Å²) in [5.41, 5.74) is 0. The van der Waals surface area contributed by atoms with Gasteiger partial charge in [0.2, 0.25) is 0 Å². The van der Waals surface area contributed by atoms with E-state index in [-0.39, 0.29) is 12.6 Å². The first-order valence-corrected chi connectivity index (χ1v) is 14.4. The molecular weight excluding hydrogens is 496 g/mol. The fraction of sp³-hybridized carbons (Fsp3) is 1.00. The number of alkyl halides is 2. The molecule has 4 atom stereocenters. The first-order chi connectivity index (χ1) is 14.2. The van der Waals surface area contributed by atoms with Gasteiger partial charge >= 0.3 is 0 Å². The molecule has 4 unspecified atom stereocenters. The Bertz CT molecular complexity index is 301. The summed E-state index contributed by atoms with van der Waals surface area (Å²) in [7, 11) is 0. The van der Waals surface area contributed by atoms with Crippen molar-refractivity contribution in [2.75, 3.05) is 23.9 Å². The summed E-state index contributed by atoms with van der Waals surface area (Å²) < 4.78 is 18.7. The van der Waals surface area contributed by atoms with Crippen LogP contribution in [0.15, 0.2) is 0 Å². The van der Waals surface area contributed by atoms with Crippen molar-refractivity contribution in [3.63, 3.8) is 0 Å². The average Bonchev–Trinajstić information content (AvgIpc) is 2.73. The lowest BCUT2D eigenvalue weighted by Gasteiger charge is -2.33. The van der Waals surface area contributed by atoms with E-state index in [1.54, 1.807) is 0 Å². The van der Waals surface area contributed by atoms with Crippen LogP contribution in [0.5, 0.6) is 0 Å². The van der Waals surface area contributed by atoms with Gasteiger partial charge in [0.15, 0.2) is 12.6 Å². The summed E-state index contributed by atoms with van der Waals surface area (Å²) in [6.45, 7) is 10.0. The topological polar surface area (TPSA) is 27.7 Å². The molecule has 0 aromatic heterocycles. The van der Waals surface area contributed by atoms with Gasteiger partial charge in [-0.2, -0.15) is 0 Å². The molecule has 5 heteroatoms. The van der Waals surface area contributed by atoms with Crippen LogP contribution < -0.4 is 0 Å². The second-order valence-electron chi connectivity index (χ2n) is 7.90. The minimum absolute atomic E-state index is 0.153. The van der Waals surface area contributed by atoms with Gasteiger partial charge in [0.1, 0.15) is 0 Å². The molecule has 0 amide bonds. The zero-order valence-corrected chi connectivity index (χ0v) is 22.8. The van der Waals surface area contributed by atoms with Gasteiger partial charge in [0.25, 0.3) is 0 Å². The zero-order chi connectivity index (χ0) is 21.7. The third kappa shape index (κ3) is 15.3. The molecule has 0 heterocycles. The summed E-state index contributed by atoms with van der Waals surface area (Å²) in [5, 5.41) is 2.22. The van der Waals surface area contributed by atoms with E-state index in [2.05, 4.69) is 59.6 Å². The molecular formula is C24H48Br2O3. The number of hydrogen-bond donors (Lipinski definition) is 0. The Morgan fingerprint density at radius 2 is 0.931 bits per heavy atom. The molecule has 0 N–H and O–H groups in total. The molecule has 0 saturated heterocycles. The highest BCUT2D eigenvalue weighted by molar-refractivity contribution is 9.09. The molecule has 0 aliphatic carbocycles. The largest absolute Gasteiger partial charge is 0.353 e. The van der Waals surface area contributed by atoms with Crippen LogP contribution in [-0.2, 0) is 14.2 Å². The minimum Gasteiger partial charge on any atom is -0.353 e. The highest BCUT2D eigenvalue weighted by Crippen LogP contribution is 2.28. The summed E-state index contributed by atoms with van der Waals surface area (Å²) in [5.74, 6) is 0.886. The normalized spacial score (nSPS) is 15.9. The Kier molecular flexibility index (Phi) is 22.7. The SMILES string of the molecule is CCOC(OC(OCC)C(CC)CCCCCCBr)C(CC)CCCCCCBr. The van der Waals surface area contributed by atoms with Crippen LogP contribution in [-0.4, -0.2) is 36.5 Å². The average molecular weight is 544 g/mol. The Labute approximate surface area is 198 Å². The summed E-state index contributed by atoms with van der Waals surface area (Å²) in [6, 6.07) is 0. The van der Waals surface area contributed by atoms with E-state index in [0.29, 0.717) is 25.0 Å². The molecule has 0 rings (SSSR count). The van der Waals surface area contributed by atoms with Crippen LogP contribution in [0.1, 0.15) is 105 Å². The molecule has 176 valence electrons. The summed E-state index contributed by atoms with van der Waals surface area (Å²) in [4.78, 5) is 0. The van der Waals surface area contributed by atoms with E-state index in [4.69, 9.17) is 14.2 Å². The van der Waals surface area contributed by atoms with Gasteiger partial charge in [-0.05, 0) is 52.4 Å². The molecule has 0 aromatic rings. The standard InChI is InChI=1S/C24H48Br2O3/c1-5-21(17-13-9-11-15-19-25)23(27-7-3)29-24(28-8-4)22(6-2)18-14-10-12-16-20-26/h21-24H,5-20H2,1-4H3. The number of ether oxygens (including phenoxy) is 3. The van der Waals surface area contributed by atoms with Crippen LogP contribution in [0.3, 0.4) is 0 Å². The number of hydrogen-bond acceptors (Lipinski definition) is 3. The van der Waals surface area contributed by atoms with Gasteiger partial charge in [-0.15, -0.1) is 0 Å². The van der Waals surface area contributed by atoms with Crippen molar-refractivity contribution in [2.45, 2.75) is 117 Å². The lowest BCUT2D eigenvalue weighted by Crippen LogP contribution is -2.37. The summed E-state index contributed by atoms with van der Waals surface area (Å²) in [6.07, 6.45) is 14.4. The van der Waals surface area contributed by atoms with Crippen LogP contribution in [0.4, 0.5) is 0 Å². The molecule has 0 saturated carbocycles. The van der Waals surface area contributed by atoms with E-state index in [9.17, 15) is 0 Å². The molecule has 0 aliphatic heterocycles. The fourth-order valence-corrected chi connectivity index (χ4v) is 4.60. The maximum Gasteiger partial charge on any atom is 0.163 e. The van der Waals surface area contributed by atoms with Gasteiger partial charge in [-0.3, -0.25) is 0 Å². The van der Waals surface area contributed by atoms with E-state index >= 15 is 0 Å². The van der Waals surface area contributed by atoms with Crippen LogP contribution >= 0.6 is 31.9 Å². The van der Waals surface area contributed by atoms with Crippen molar-refractivity contribution < 1.29 is 14.2 Å². The van der Waals surface area contributed by atoms with Crippen molar-refractivity contribution in [1.29, 1.82) is 0 Å². The molecule has 0 radical (unpaired) electrons. The highest BCUT2D eigenvalue weighted by atomic mass is 79.9. The molecule has 3 nitrogen and oxygen atoms in total. The third-order valence-corrected chi connectivity index (χ3v) is 6.79. The third-order valence-electron chi connectivity index (χ3n) is 5.67. The second-order valence-corrected chi connectivity index (χ2v) is 9.49. The Morgan fingerprint density at radius 3 is 1.24 bits per heavy atom. The Hall–Kier alpha value is 0.840. The van der Waals surface area contributed by atoms with Crippen LogP contribution in [0.2, 0.25) is 0 Å². The molecule has 0 aromatic carbocycles. The van der Waals surface area contributed by atoms with Gasteiger partial charge in [0.05, 0.1) is 0 Å². The predicted molar refractivity (Wildman–Crippen MR) is 133 cm³/mol. The van der Waals surface area contributed by atoms with Crippen molar-refractivity contribution in [3.05, 3.63) is 0 Å². The Balaban J connectivity index is 4.77. The minimum atomic E-state index is -0.153. The fourth-order valence-electron chi connectivity index (χ4n) is 3.81. The second kappa shape index (κ2) is 22.0. The van der Waals surface area contributed by atoms with Gasteiger partial charge in [-0.1, -0.05) is 84.2 Å². The van der Waals surface area contributed by atoms with Crippen LogP contribution in [0.25, 0.3) is 0 Å². The number of rotatable bonds is 22. The smallest absolute Gasteiger partial charge is 0.163 e. The first-order valence-electron chi connectivity index (χ1n) is 12.2. The van der Waals surface area contributed by atoms with Crippen molar-refractivity contribution in [3.8, 4) is 0 Å². The molecule has 29 heavy (non-hydrogen) atoms. The van der Waals surface area contributed by atoms with Gasteiger partial charge < -0.3 is 14.2 Å². The van der Waals surface area contributed by atoms with Crippen LogP contribution in [0, 0.1) is 11.8 Å². The summed E-state index contributed by atoms with van der Waals surface area (Å²) >= 11 is 7.05.